The Morgan fingerprint density at radius 3 is 2.47 bits per heavy atom. The van der Waals surface area contributed by atoms with Gasteiger partial charge in [0.15, 0.2) is 0 Å². The second-order valence-corrected chi connectivity index (χ2v) is 7.77. The van der Waals surface area contributed by atoms with Crippen LogP contribution < -0.4 is 15.8 Å². The molecule has 1 aliphatic rings. The van der Waals surface area contributed by atoms with Crippen molar-refractivity contribution in [2.24, 2.45) is 11.7 Å². The maximum absolute atomic E-state index is 12.0. The molecule has 4 N–H and O–H groups in total. The minimum Gasteiger partial charge on any atom is -0.370 e. The van der Waals surface area contributed by atoms with E-state index in [1.165, 1.54) is 0 Å². The van der Waals surface area contributed by atoms with Crippen LogP contribution in [0.4, 0.5) is 0 Å². The molecule has 112 valence electrons. The van der Waals surface area contributed by atoms with E-state index in [2.05, 4.69) is 10.0 Å². The lowest BCUT2D eigenvalue weighted by Crippen LogP contribution is -2.47. The Bertz CT molecular complexity index is 400. The van der Waals surface area contributed by atoms with Gasteiger partial charge in [-0.25, -0.2) is 13.1 Å². The van der Waals surface area contributed by atoms with E-state index in [9.17, 15) is 13.2 Å². The number of nitrogens with two attached hydrogens (primary N) is 1. The topological polar surface area (TPSA) is 101 Å². The Balaban J connectivity index is 2.44. The van der Waals surface area contributed by atoms with Crippen molar-refractivity contribution in [3.05, 3.63) is 0 Å². The molecular weight excluding hydrogens is 266 g/mol. The van der Waals surface area contributed by atoms with Crippen LogP contribution in [0, 0.1) is 5.92 Å². The molecule has 0 saturated carbocycles. The van der Waals surface area contributed by atoms with Crippen LogP contribution >= 0.6 is 0 Å². The average Bonchev–Trinajstić information content (AvgIpc) is 2.24. The van der Waals surface area contributed by atoms with Crippen molar-refractivity contribution in [3.8, 4) is 0 Å². The molecule has 0 unspecified atom stereocenters. The molecule has 1 rings (SSSR count). The predicted molar refractivity (Wildman–Crippen MR) is 75.0 cm³/mol. The van der Waals surface area contributed by atoms with Crippen LogP contribution in [-0.4, -0.2) is 38.7 Å². The summed E-state index contributed by atoms with van der Waals surface area (Å²) in [4.78, 5) is 10.9. The molecule has 0 aromatic heterocycles. The van der Waals surface area contributed by atoms with Crippen LogP contribution in [0.1, 0.15) is 39.5 Å². The van der Waals surface area contributed by atoms with E-state index in [-0.39, 0.29) is 12.2 Å². The number of amides is 1. The first-order valence-corrected chi connectivity index (χ1v) is 8.36. The van der Waals surface area contributed by atoms with Crippen LogP contribution in [-0.2, 0) is 14.8 Å². The molecule has 1 fully saturated rings. The fourth-order valence-electron chi connectivity index (χ4n) is 2.44. The summed E-state index contributed by atoms with van der Waals surface area (Å²) in [6.45, 7) is 5.26. The van der Waals surface area contributed by atoms with Gasteiger partial charge in [0.25, 0.3) is 0 Å². The third kappa shape index (κ3) is 6.89. The average molecular weight is 291 g/mol. The van der Waals surface area contributed by atoms with Crippen molar-refractivity contribution in [1.29, 1.82) is 0 Å². The summed E-state index contributed by atoms with van der Waals surface area (Å²) < 4.78 is 26.5. The fourth-order valence-corrected chi connectivity index (χ4v) is 4.10. The molecule has 1 heterocycles. The van der Waals surface area contributed by atoms with Crippen LogP contribution in [0.3, 0.4) is 0 Å². The number of carbonyl (C=O) groups is 1. The van der Waals surface area contributed by atoms with Gasteiger partial charge < -0.3 is 11.1 Å². The van der Waals surface area contributed by atoms with Gasteiger partial charge >= 0.3 is 0 Å². The zero-order chi connectivity index (χ0) is 14.5. The molecule has 7 heteroatoms. The minimum atomic E-state index is -3.36. The summed E-state index contributed by atoms with van der Waals surface area (Å²) in [5.74, 6) is 0.0722. The number of sulfonamides is 1. The van der Waals surface area contributed by atoms with Gasteiger partial charge in [0.2, 0.25) is 15.9 Å². The molecule has 1 saturated heterocycles. The van der Waals surface area contributed by atoms with Crippen molar-refractivity contribution in [2.45, 2.75) is 45.1 Å². The predicted octanol–water partition coefficient (Wildman–Crippen LogP) is -0.0505. The first kappa shape index (κ1) is 16.4. The Kier molecular flexibility index (Phi) is 5.76. The summed E-state index contributed by atoms with van der Waals surface area (Å²) in [5, 5.41) is 3.26. The zero-order valence-corrected chi connectivity index (χ0v) is 12.6. The van der Waals surface area contributed by atoms with Crippen LogP contribution in [0.5, 0.6) is 0 Å². The molecule has 0 aliphatic carbocycles. The third-order valence-corrected chi connectivity index (χ3v) is 4.94. The van der Waals surface area contributed by atoms with E-state index in [0.29, 0.717) is 12.3 Å². The largest absolute Gasteiger partial charge is 0.370 e. The van der Waals surface area contributed by atoms with Gasteiger partial charge in [-0.1, -0.05) is 0 Å². The Labute approximate surface area is 115 Å². The smallest absolute Gasteiger partial charge is 0.219 e. The van der Waals surface area contributed by atoms with Gasteiger partial charge in [0.1, 0.15) is 0 Å². The third-order valence-electron chi connectivity index (χ3n) is 3.30. The highest BCUT2D eigenvalue weighted by Crippen LogP contribution is 2.17. The SMILES string of the molecule is CC(C)(CC(N)=O)NS(=O)(=O)CCC1CCNCC1. The number of hydrogen-bond acceptors (Lipinski definition) is 4. The Hall–Kier alpha value is -0.660. The van der Waals surface area contributed by atoms with Crippen LogP contribution in [0.15, 0.2) is 0 Å². The molecule has 0 radical (unpaired) electrons. The summed E-state index contributed by atoms with van der Waals surface area (Å²) >= 11 is 0. The van der Waals surface area contributed by atoms with Crippen molar-refractivity contribution in [1.82, 2.24) is 10.0 Å². The van der Waals surface area contributed by atoms with E-state index in [4.69, 9.17) is 5.73 Å². The van der Waals surface area contributed by atoms with Gasteiger partial charge in [0.05, 0.1) is 5.75 Å². The molecule has 1 amide bonds. The number of hydrogen-bond donors (Lipinski definition) is 3. The van der Waals surface area contributed by atoms with E-state index < -0.39 is 21.5 Å². The van der Waals surface area contributed by atoms with E-state index in [1.807, 2.05) is 0 Å². The second-order valence-electron chi connectivity index (χ2n) is 5.93. The molecule has 6 nitrogen and oxygen atoms in total. The van der Waals surface area contributed by atoms with E-state index >= 15 is 0 Å². The lowest BCUT2D eigenvalue weighted by atomic mass is 9.96. The highest BCUT2D eigenvalue weighted by atomic mass is 32.2. The van der Waals surface area contributed by atoms with Gasteiger partial charge in [-0.05, 0) is 52.1 Å². The highest BCUT2D eigenvalue weighted by Gasteiger charge is 2.27. The Morgan fingerprint density at radius 2 is 1.95 bits per heavy atom. The maximum Gasteiger partial charge on any atom is 0.219 e. The summed E-state index contributed by atoms with van der Waals surface area (Å²) in [6, 6.07) is 0. The van der Waals surface area contributed by atoms with Gasteiger partial charge in [-0.2, -0.15) is 0 Å². The van der Waals surface area contributed by atoms with E-state index in [1.54, 1.807) is 13.8 Å². The highest BCUT2D eigenvalue weighted by molar-refractivity contribution is 7.89. The molecule has 0 bridgehead atoms. The molecule has 19 heavy (non-hydrogen) atoms. The van der Waals surface area contributed by atoms with Crippen molar-refractivity contribution < 1.29 is 13.2 Å². The molecule has 0 aromatic rings. The van der Waals surface area contributed by atoms with Crippen LogP contribution in [0.2, 0.25) is 0 Å². The van der Waals surface area contributed by atoms with Gasteiger partial charge in [-0.3, -0.25) is 4.79 Å². The molecule has 1 aliphatic heterocycles. The monoisotopic (exact) mass is 291 g/mol. The van der Waals surface area contributed by atoms with E-state index in [0.717, 1.165) is 25.9 Å². The number of nitrogens with one attached hydrogen (secondary N) is 2. The fraction of sp³-hybridized carbons (Fsp3) is 0.917. The normalized spacial score (nSPS) is 18.4. The molecule has 0 aromatic carbocycles. The number of piperidine rings is 1. The summed E-state index contributed by atoms with van der Waals surface area (Å²) in [7, 11) is -3.36. The summed E-state index contributed by atoms with van der Waals surface area (Å²) in [6.07, 6.45) is 2.73. The van der Waals surface area contributed by atoms with Gasteiger partial charge in [-0.15, -0.1) is 0 Å². The first-order chi connectivity index (χ1) is 8.70. The molecular formula is C12H25N3O3S. The number of primary amides is 1. The molecule has 0 spiro atoms. The number of rotatable bonds is 7. The number of carbonyl (C=O) groups excluding carboxylic acids is 1. The quantitative estimate of drug-likeness (QED) is 0.612. The standard InChI is InChI=1S/C12H25N3O3S/c1-12(2,9-11(13)16)15-19(17,18)8-5-10-3-6-14-7-4-10/h10,14-15H,3-9H2,1-2H3,(H2,13,16). The van der Waals surface area contributed by atoms with Gasteiger partial charge in [0, 0.05) is 12.0 Å². The first-order valence-electron chi connectivity index (χ1n) is 6.71. The van der Waals surface area contributed by atoms with Crippen LogP contribution in [0.25, 0.3) is 0 Å². The van der Waals surface area contributed by atoms with Crippen molar-refractivity contribution in [2.75, 3.05) is 18.8 Å². The second kappa shape index (κ2) is 6.67. The van der Waals surface area contributed by atoms with Crippen molar-refractivity contribution >= 4 is 15.9 Å². The minimum absolute atomic E-state index is 0.000418. The maximum atomic E-state index is 12.0. The zero-order valence-electron chi connectivity index (χ0n) is 11.7. The molecule has 0 atom stereocenters. The lowest BCUT2D eigenvalue weighted by Gasteiger charge is -2.26. The van der Waals surface area contributed by atoms with Crippen molar-refractivity contribution in [3.63, 3.8) is 0 Å². The Morgan fingerprint density at radius 1 is 1.37 bits per heavy atom. The summed E-state index contributed by atoms with van der Waals surface area (Å²) in [5.41, 5.74) is 4.29. The lowest BCUT2D eigenvalue weighted by molar-refractivity contribution is -0.119.